The van der Waals surface area contributed by atoms with E-state index in [4.69, 9.17) is 0 Å². The van der Waals surface area contributed by atoms with Gasteiger partial charge in [-0.25, -0.2) is 0 Å². The highest BCUT2D eigenvalue weighted by atomic mass is 32.2. The highest BCUT2D eigenvalue weighted by Gasteiger charge is 2.15. The Hall–Kier alpha value is -1.24. The van der Waals surface area contributed by atoms with Crippen LogP contribution in [-0.4, -0.2) is 53.6 Å². The van der Waals surface area contributed by atoms with Gasteiger partial charge in [0.25, 0.3) is 0 Å². The molecule has 0 spiro atoms. The minimum atomic E-state index is 0.632. The van der Waals surface area contributed by atoms with Crippen molar-refractivity contribution in [2.24, 2.45) is 0 Å². The summed E-state index contributed by atoms with van der Waals surface area (Å²) in [6.45, 7) is 2.98. The lowest BCUT2D eigenvalue weighted by atomic mass is 10.1. The number of hydrogen-bond donors (Lipinski definition) is 2. The molecule has 1 aromatic rings. The third-order valence-corrected chi connectivity index (χ3v) is 3.99. The first-order valence-corrected chi connectivity index (χ1v) is 8.64. The lowest BCUT2D eigenvalue weighted by molar-refractivity contribution is 0.568. The quantitative estimate of drug-likeness (QED) is 0.747. The Kier molecular flexibility index (Phi) is 6.17. The third kappa shape index (κ3) is 4.40. The van der Waals surface area contributed by atoms with E-state index in [-0.39, 0.29) is 0 Å². The van der Waals surface area contributed by atoms with Crippen molar-refractivity contribution in [2.45, 2.75) is 25.7 Å². The van der Waals surface area contributed by atoms with Crippen LogP contribution in [0.25, 0.3) is 0 Å². The summed E-state index contributed by atoms with van der Waals surface area (Å²) in [6.07, 6.45) is 6.98. The van der Waals surface area contributed by atoms with Crippen molar-refractivity contribution >= 4 is 29.6 Å². The molecule has 0 saturated carbocycles. The minimum Gasteiger partial charge on any atom is -0.357 e. The summed E-state index contributed by atoms with van der Waals surface area (Å²) in [5.74, 6) is 3.24. The normalized spacial score (nSPS) is 15.2. The SMILES string of the molecule is CNc1nc(NCCCSC)nc(N2CCCCC2)n1. The fourth-order valence-electron chi connectivity index (χ4n) is 2.21. The van der Waals surface area contributed by atoms with Gasteiger partial charge >= 0.3 is 0 Å². The van der Waals surface area contributed by atoms with Crippen LogP contribution in [-0.2, 0) is 0 Å². The van der Waals surface area contributed by atoms with Gasteiger partial charge in [0.15, 0.2) is 0 Å². The molecule has 1 aliphatic rings. The van der Waals surface area contributed by atoms with Gasteiger partial charge in [0.2, 0.25) is 17.8 Å². The van der Waals surface area contributed by atoms with Crippen LogP contribution in [0.3, 0.4) is 0 Å². The second-order valence-corrected chi connectivity index (χ2v) is 5.84. The second-order valence-electron chi connectivity index (χ2n) is 4.85. The van der Waals surface area contributed by atoms with E-state index in [0.29, 0.717) is 11.9 Å². The molecule has 2 rings (SSSR count). The summed E-state index contributed by atoms with van der Waals surface area (Å²) in [6, 6.07) is 0. The largest absolute Gasteiger partial charge is 0.357 e. The second kappa shape index (κ2) is 8.14. The molecule has 0 aliphatic carbocycles. The molecule has 0 unspecified atom stereocenters. The summed E-state index contributed by atoms with van der Waals surface area (Å²) in [7, 11) is 1.84. The Labute approximate surface area is 125 Å². The van der Waals surface area contributed by atoms with E-state index in [1.54, 1.807) is 0 Å². The smallest absolute Gasteiger partial charge is 0.231 e. The molecule has 20 heavy (non-hydrogen) atoms. The van der Waals surface area contributed by atoms with Crippen LogP contribution in [0.2, 0.25) is 0 Å². The summed E-state index contributed by atoms with van der Waals surface area (Å²) in [5.41, 5.74) is 0. The van der Waals surface area contributed by atoms with Gasteiger partial charge in [-0.15, -0.1) is 0 Å². The Morgan fingerprint density at radius 2 is 1.85 bits per heavy atom. The summed E-state index contributed by atoms with van der Waals surface area (Å²) >= 11 is 1.86. The molecule has 0 radical (unpaired) electrons. The maximum Gasteiger partial charge on any atom is 0.231 e. The van der Waals surface area contributed by atoms with Crippen LogP contribution in [0.5, 0.6) is 0 Å². The van der Waals surface area contributed by atoms with Crippen molar-refractivity contribution in [3.05, 3.63) is 0 Å². The van der Waals surface area contributed by atoms with Gasteiger partial charge in [0.1, 0.15) is 0 Å². The summed E-state index contributed by atoms with van der Waals surface area (Å²) < 4.78 is 0. The van der Waals surface area contributed by atoms with E-state index in [0.717, 1.165) is 37.8 Å². The van der Waals surface area contributed by atoms with Crippen LogP contribution < -0.4 is 15.5 Å². The molecule has 112 valence electrons. The van der Waals surface area contributed by atoms with Crippen LogP contribution in [0, 0.1) is 0 Å². The molecule has 1 aromatic heterocycles. The van der Waals surface area contributed by atoms with Gasteiger partial charge in [-0.2, -0.15) is 26.7 Å². The molecule has 0 bridgehead atoms. The van der Waals surface area contributed by atoms with Gasteiger partial charge in [-0.3, -0.25) is 0 Å². The van der Waals surface area contributed by atoms with Crippen LogP contribution >= 0.6 is 11.8 Å². The number of aromatic nitrogens is 3. The molecule has 6 nitrogen and oxygen atoms in total. The van der Waals surface area contributed by atoms with Crippen molar-refractivity contribution < 1.29 is 0 Å². The molecular formula is C13H24N6S. The first-order chi connectivity index (χ1) is 9.83. The van der Waals surface area contributed by atoms with Gasteiger partial charge in [0, 0.05) is 26.7 Å². The zero-order valence-electron chi connectivity index (χ0n) is 12.4. The zero-order chi connectivity index (χ0) is 14.2. The number of anilines is 3. The van der Waals surface area contributed by atoms with Crippen LogP contribution in [0.4, 0.5) is 17.8 Å². The predicted octanol–water partition coefficient (Wildman–Crippen LogP) is 2.07. The van der Waals surface area contributed by atoms with Crippen molar-refractivity contribution in [3.8, 4) is 0 Å². The van der Waals surface area contributed by atoms with Gasteiger partial charge in [-0.1, -0.05) is 0 Å². The number of hydrogen-bond acceptors (Lipinski definition) is 7. The zero-order valence-corrected chi connectivity index (χ0v) is 13.2. The van der Waals surface area contributed by atoms with Crippen LogP contribution in [0.1, 0.15) is 25.7 Å². The van der Waals surface area contributed by atoms with Crippen molar-refractivity contribution in [1.82, 2.24) is 15.0 Å². The molecule has 1 fully saturated rings. The third-order valence-electron chi connectivity index (χ3n) is 3.29. The average molecular weight is 296 g/mol. The lowest BCUT2D eigenvalue weighted by Gasteiger charge is -2.26. The minimum absolute atomic E-state index is 0.632. The Balaban J connectivity index is 2.03. The molecule has 2 N–H and O–H groups in total. The Bertz CT molecular complexity index is 408. The number of nitrogens with zero attached hydrogens (tertiary/aromatic N) is 4. The highest BCUT2D eigenvalue weighted by Crippen LogP contribution is 2.18. The predicted molar refractivity (Wildman–Crippen MR) is 86.9 cm³/mol. The number of rotatable bonds is 7. The fourth-order valence-corrected chi connectivity index (χ4v) is 2.64. The first kappa shape index (κ1) is 15.2. The molecule has 0 atom stereocenters. The maximum absolute atomic E-state index is 4.55. The molecule has 0 aromatic carbocycles. The van der Waals surface area contributed by atoms with E-state index in [1.165, 1.54) is 19.3 Å². The summed E-state index contributed by atoms with van der Waals surface area (Å²) in [4.78, 5) is 15.6. The number of nitrogens with one attached hydrogen (secondary N) is 2. The van der Waals surface area contributed by atoms with Crippen molar-refractivity contribution in [3.63, 3.8) is 0 Å². The fraction of sp³-hybridized carbons (Fsp3) is 0.769. The maximum atomic E-state index is 4.55. The first-order valence-electron chi connectivity index (χ1n) is 7.25. The summed E-state index contributed by atoms with van der Waals surface area (Å²) in [5, 5.41) is 6.31. The molecule has 1 aliphatic heterocycles. The molecule has 7 heteroatoms. The monoisotopic (exact) mass is 296 g/mol. The van der Waals surface area contributed by atoms with Gasteiger partial charge < -0.3 is 15.5 Å². The van der Waals surface area contributed by atoms with E-state index in [2.05, 4.69) is 36.7 Å². The van der Waals surface area contributed by atoms with E-state index >= 15 is 0 Å². The van der Waals surface area contributed by atoms with E-state index < -0.39 is 0 Å². The van der Waals surface area contributed by atoms with E-state index in [9.17, 15) is 0 Å². The van der Waals surface area contributed by atoms with Gasteiger partial charge in [0.05, 0.1) is 0 Å². The van der Waals surface area contributed by atoms with Crippen LogP contribution in [0.15, 0.2) is 0 Å². The highest BCUT2D eigenvalue weighted by molar-refractivity contribution is 7.98. The van der Waals surface area contributed by atoms with Crippen molar-refractivity contribution in [1.29, 1.82) is 0 Å². The number of thioether (sulfide) groups is 1. The van der Waals surface area contributed by atoms with E-state index in [1.807, 2.05) is 18.8 Å². The Morgan fingerprint density at radius 1 is 1.10 bits per heavy atom. The standard InChI is InChI=1S/C13H24N6S/c1-14-11-16-12(15-7-6-10-20-2)18-13(17-11)19-8-4-3-5-9-19/h3-10H2,1-2H3,(H2,14,15,16,17,18). The molecule has 0 amide bonds. The average Bonchev–Trinajstić information content (AvgIpc) is 2.52. The molecule has 2 heterocycles. The van der Waals surface area contributed by atoms with Crippen molar-refractivity contribution in [2.75, 3.05) is 54.2 Å². The molecular weight excluding hydrogens is 272 g/mol. The Morgan fingerprint density at radius 3 is 2.55 bits per heavy atom. The van der Waals surface area contributed by atoms with Gasteiger partial charge in [-0.05, 0) is 37.7 Å². The molecule has 1 saturated heterocycles. The number of piperidine rings is 1. The lowest BCUT2D eigenvalue weighted by Crippen LogP contribution is -2.31. The topological polar surface area (TPSA) is 66.0 Å².